The van der Waals surface area contributed by atoms with Crippen LogP contribution in [0.15, 0.2) is 30.3 Å². The molecule has 108 valence electrons. The van der Waals surface area contributed by atoms with Gasteiger partial charge in [-0.25, -0.2) is 0 Å². The summed E-state index contributed by atoms with van der Waals surface area (Å²) in [7, 11) is 0. The Morgan fingerprint density at radius 2 is 1.90 bits per heavy atom. The molecule has 0 aliphatic carbocycles. The fraction of sp³-hybridized carbons (Fsp3) is 0.364. The Hall–Kier alpha value is -1.64. The maximum absolute atomic E-state index is 12.6. The monoisotopic (exact) mass is 349 g/mol. The van der Waals surface area contributed by atoms with E-state index in [9.17, 15) is 13.2 Å². The summed E-state index contributed by atoms with van der Waals surface area (Å²) >= 11 is 3.14. The molecular weight excluding hydrogens is 339 g/mol. The van der Waals surface area contributed by atoms with E-state index in [0.29, 0.717) is 11.0 Å². The lowest BCUT2D eigenvalue weighted by atomic mass is 10.3. The lowest BCUT2D eigenvalue weighted by Gasteiger charge is -2.23. The van der Waals surface area contributed by atoms with Crippen LogP contribution in [0.4, 0.5) is 19.1 Å². The minimum Gasteiger partial charge on any atom is -0.329 e. The van der Waals surface area contributed by atoms with Crippen LogP contribution in [-0.4, -0.2) is 44.8 Å². The van der Waals surface area contributed by atoms with Crippen LogP contribution in [0.1, 0.15) is 0 Å². The Morgan fingerprint density at radius 1 is 1.20 bits per heavy atom. The van der Waals surface area contributed by atoms with E-state index >= 15 is 0 Å². The highest BCUT2D eigenvalue weighted by Crippen LogP contribution is 2.22. The zero-order valence-electron chi connectivity index (χ0n) is 10.3. The summed E-state index contributed by atoms with van der Waals surface area (Å²) in [6.45, 7) is -0.960. The molecule has 1 aromatic heterocycles. The number of halogens is 4. The van der Waals surface area contributed by atoms with E-state index in [2.05, 4.69) is 31.5 Å². The molecule has 1 aromatic carbocycles. The van der Waals surface area contributed by atoms with Gasteiger partial charge < -0.3 is 4.90 Å². The molecule has 0 saturated heterocycles. The van der Waals surface area contributed by atoms with Crippen molar-refractivity contribution in [3.8, 4) is 5.69 Å². The number of hydrogen-bond donors (Lipinski definition) is 0. The number of nitrogens with zero attached hydrogens (tertiary/aromatic N) is 5. The van der Waals surface area contributed by atoms with Crippen molar-refractivity contribution in [3.63, 3.8) is 0 Å². The number of tetrazole rings is 1. The van der Waals surface area contributed by atoms with Gasteiger partial charge in [0.25, 0.3) is 5.95 Å². The molecule has 0 atom stereocenters. The molecular formula is C11H11BrF3N5. The van der Waals surface area contributed by atoms with Crippen molar-refractivity contribution in [1.29, 1.82) is 0 Å². The van der Waals surface area contributed by atoms with E-state index in [4.69, 9.17) is 0 Å². The van der Waals surface area contributed by atoms with E-state index in [0.717, 1.165) is 4.90 Å². The second-order valence-electron chi connectivity index (χ2n) is 3.95. The average Bonchev–Trinajstić information content (AvgIpc) is 2.87. The highest BCUT2D eigenvalue weighted by atomic mass is 79.9. The van der Waals surface area contributed by atoms with Crippen molar-refractivity contribution >= 4 is 21.9 Å². The lowest BCUT2D eigenvalue weighted by molar-refractivity contribution is -0.119. The summed E-state index contributed by atoms with van der Waals surface area (Å²) < 4.78 is 39.1. The molecule has 0 aliphatic heterocycles. The second kappa shape index (κ2) is 6.21. The Morgan fingerprint density at radius 3 is 2.50 bits per heavy atom. The number of anilines is 1. The SMILES string of the molecule is FC(F)(F)CN(CCBr)c1nnnn1-c1ccccc1. The van der Waals surface area contributed by atoms with Gasteiger partial charge >= 0.3 is 6.18 Å². The van der Waals surface area contributed by atoms with E-state index in [1.54, 1.807) is 30.3 Å². The quantitative estimate of drug-likeness (QED) is 0.778. The Kier molecular flexibility index (Phi) is 4.58. The van der Waals surface area contributed by atoms with Crippen LogP contribution >= 0.6 is 15.9 Å². The van der Waals surface area contributed by atoms with Gasteiger partial charge in [-0.3, -0.25) is 0 Å². The van der Waals surface area contributed by atoms with E-state index < -0.39 is 12.7 Å². The molecule has 0 radical (unpaired) electrons. The first-order valence-corrected chi connectivity index (χ1v) is 6.85. The summed E-state index contributed by atoms with van der Waals surface area (Å²) in [6.07, 6.45) is -4.32. The molecule has 0 bridgehead atoms. The largest absolute Gasteiger partial charge is 0.406 e. The number of rotatable bonds is 5. The van der Waals surface area contributed by atoms with Gasteiger partial charge in [-0.05, 0) is 22.6 Å². The third-order valence-corrected chi connectivity index (χ3v) is 2.82. The zero-order chi connectivity index (χ0) is 14.6. The van der Waals surface area contributed by atoms with Gasteiger partial charge in [0.15, 0.2) is 0 Å². The van der Waals surface area contributed by atoms with E-state index in [1.807, 2.05) is 0 Å². The minimum absolute atomic E-state index is 0.0629. The zero-order valence-corrected chi connectivity index (χ0v) is 11.8. The Labute approximate surface area is 121 Å². The van der Waals surface area contributed by atoms with Crippen molar-refractivity contribution in [2.45, 2.75) is 6.18 Å². The lowest BCUT2D eigenvalue weighted by Crippen LogP contribution is -2.37. The number of para-hydroxylation sites is 1. The fourth-order valence-corrected chi connectivity index (χ4v) is 2.11. The van der Waals surface area contributed by atoms with Crippen molar-refractivity contribution < 1.29 is 13.2 Å². The number of hydrogen-bond acceptors (Lipinski definition) is 4. The first kappa shape index (κ1) is 14.8. The standard InChI is InChI=1S/C11H11BrF3N5/c12-6-7-19(8-11(13,14)15)10-16-17-18-20(10)9-4-2-1-3-5-9/h1-5H,6-8H2. The van der Waals surface area contributed by atoms with Gasteiger partial charge in [-0.2, -0.15) is 17.9 Å². The normalized spacial score (nSPS) is 11.6. The van der Waals surface area contributed by atoms with E-state index in [-0.39, 0.29) is 12.5 Å². The fourth-order valence-electron chi connectivity index (χ4n) is 1.68. The van der Waals surface area contributed by atoms with Gasteiger partial charge in [0, 0.05) is 11.9 Å². The van der Waals surface area contributed by atoms with Crippen LogP contribution in [0.25, 0.3) is 5.69 Å². The topological polar surface area (TPSA) is 46.8 Å². The minimum atomic E-state index is -4.32. The average molecular weight is 350 g/mol. The van der Waals surface area contributed by atoms with Gasteiger partial charge in [0.05, 0.1) is 5.69 Å². The third kappa shape index (κ3) is 3.69. The van der Waals surface area contributed by atoms with Crippen LogP contribution < -0.4 is 4.90 Å². The molecule has 2 rings (SSSR count). The predicted octanol–water partition coefficient (Wildman–Crippen LogP) is 2.43. The molecule has 0 spiro atoms. The van der Waals surface area contributed by atoms with Gasteiger partial charge in [0.1, 0.15) is 6.54 Å². The van der Waals surface area contributed by atoms with Crippen LogP contribution in [0.3, 0.4) is 0 Å². The molecule has 1 heterocycles. The molecule has 0 saturated carbocycles. The van der Waals surface area contributed by atoms with Crippen molar-refractivity contribution in [2.75, 3.05) is 23.3 Å². The summed E-state index contributed by atoms with van der Waals surface area (Å²) in [5, 5.41) is 11.3. The molecule has 0 aliphatic rings. The summed E-state index contributed by atoms with van der Waals surface area (Å²) in [6, 6.07) is 8.78. The molecule has 5 nitrogen and oxygen atoms in total. The van der Waals surface area contributed by atoms with Crippen molar-refractivity contribution in [1.82, 2.24) is 20.2 Å². The second-order valence-corrected chi connectivity index (χ2v) is 4.74. The smallest absolute Gasteiger partial charge is 0.329 e. The summed E-state index contributed by atoms with van der Waals surface area (Å²) in [4.78, 5) is 1.09. The number of benzene rings is 1. The first-order valence-electron chi connectivity index (χ1n) is 5.73. The van der Waals surface area contributed by atoms with E-state index in [1.165, 1.54) is 4.68 Å². The van der Waals surface area contributed by atoms with Gasteiger partial charge in [0.2, 0.25) is 0 Å². The molecule has 2 aromatic rings. The van der Waals surface area contributed by atoms with Crippen LogP contribution in [0, 0.1) is 0 Å². The highest BCUT2D eigenvalue weighted by Gasteiger charge is 2.32. The molecule has 0 amide bonds. The number of aromatic nitrogens is 4. The van der Waals surface area contributed by atoms with Crippen LogP contribution in [-0.2, 0) is 0 Å². The Balaban J connectivity index is 2.33. The molecule has 0 N–H and O–H groups in total. The molecule has 0 fully saturated rings. The van der Waals surface area contributed by atoms with Crippen molar-refractivity contribution in [3.05, 3.63) is 30.3 Å². The number of alkyl halides is 4. The molecule has 0 unspecified atom stereocenters. The first-order chi connectivity index (χ1) is 9.51. The Bertz CT molecular complexity index is 542. The molecule has 9 heteroatoms. The van der Waals surface area contributed by atoms with Gasteiger partial charge in [-0.15, -0.1) is 0 Å². The molecule has 20 heavy (non-hydrogen) atoms. The van der Waals surface area contributed by atoms with Crippen LogP contribution in [0.5, 0.6) is 0 Å². The predicted molar refractivity (Wildman–Crippen MR) is 71.2 cm³/mol. The maximum atomic E-state index is 12.6. The summed E-state index contributed by atoms with van der Waals surface area (Å²) in [5.74, 6) is 0.0629. The third-order valence-electron chi connectivity index (χ3n) is 2.46. The van der Waals surface area contributed by atoms with Crippen LogP contribution in [0.2, 0.25) is 0 Å². The maximum Gasteiger partial charge on any atom is 0.406 e. The van der Waals surface area contributed by atoms with Gasteiger partial charge in [-0.1, -0.05) is 39.2 Å². The highest BCUT2D eigenvalue weighted by molar-refractivity contribution is 9.09. The van der Waals surface area contributed by atoms with Crippen molar-refractivity contribution in [2.24, 2.45) is 0 Å². The summed E-state index contributed by atoms with van der Waals surface area (Å²) in [5.41, 5.74) is 0.606.